The number of fused-ring (bicyclic) bond motifs is 7. The highest BCUT2D eigenvalue weighted by Gasteiger charge is 2.39. The molecule has 10 rings (SSSR count). The highest BCUT2D eigenvalue weighted by atomic mass is 19.1. The van der Waals surface area contributed by atoms with Gasteiger partial charge in [0.25, 0.3) is 0 Å². The van der Waals surface area contributed by atoms with Crippen LogP contribution in [-0.4, -0.2) is 4.57 Å². The molecule has 2 aliphatic rings. The van der Waals surface area contributed by atoms with Crippen LogP contribution in [0.4, 0.5) is 21.5 Å². The second-order valence-electron chi connectivity index (χ2n) is 17.8. The van der Waals surface area contributed by atoms with Crippen LogP contribution < -0.4 is 4.90 Å². The summed E-state index contributed by atoms with van der Waals surface area (Å²) < 4.78 is 17.4. The van der Waals surface area contributed by atoms with Crippen molar-refractivity contribution in [2.75, 3.05) is 4.90 Å². The quantitative estimate of drug-likeness (QED) is 0.171. The summed E-state index contributed by atoms with van der Waals surface area (Å²) in [4.78, 5) is 2.21. The number of rotatable bonds is 5. The van der Waals surface area contributed by atoms with Gasteiger partial charge in [-0.25, -0.2) is 4.39 Å². The molecule has 1 aromatic heterocycles. The van der Waals surface area contributed by atoms with E-state index in [-0.39, 0.29) is 22.1 Å². The monoisotopic (exact) mass is 730 g/mol. The van der Waals surface area contributed by atoms with E-state index in [9.17, 15) is 4.39 Å². The Bertz CT molecular complexity index is 2850. The molecular formula is C53H47FN2. The van der Waals surface area contributed by atoms with Crippen molar-refractivity contribution in [2.45, 2.75) is 70.6 Å². The van der Waals surface area contributed by atoms with Crippen LogP contribution >= 0.6 is 0 Å². The van der Waals surface area contributed by atoms with Gasteiger partial charge in [0.05, 0.1) is 16.7 Å². The van der Waals surface area contributed by atoms with E-state index in [1.165, 1.54) is 79.8 Å². The number of para-hydroxylation sites is 1. The molecule has 1 heterocycles. The lowest BCUT2D eigenvalue weighted by molar-refractivity contribution is 0.332. The van der Waals surface area contributed by atoms with Gasteiger partial charge < -0.3 is 9.47 Å². The fraction of sp³-hybridized carbons (Fsp3) is 0.208. The van der Waals surface area contributed by atoms with Crippen LogP contribution in [0.3, 0.4) is 0 Å². The van der Waals surface area contributed by atoms with E-state index < -0.39 is 0 Å². The molecule has 0 atom stereocenters. The molecule has 0 aliphatic heterocycles. The number of hydrogen-bond acceptors (Lipinski definition) is 1. The second-order valence-corrected chi connectivity index (χ2v) is 17.8. The summed E-state index contributed by atoms with van der Waals surface area (Å²) >= 11 is 0. The second kappa shape index (κ2) is 12.3. The summed E-state index contributed by atoms with van der Waals surface area (Å²) in [6.07, 6.45) is 2.39. The molecule has 56 heavy (non-hydrogen) atoms. The minimum Gasteiger partial charge on any atom is -0.310 e. The fourth-order valence-electron chi connectivity index (χ4n) is 9.91. The van der Waals surface area contributed by atoms with Crippen molar-refractivity contribution in [1.29, 1.82) is 0 Å². The van der Waals surface area contributed by atoms with Crippen LogP contribution in [0, 0.1) is 5.82 Å². The largest absolute Gasteiger partial charge is 0.310 e. The molecule has 0 fully saturated rings. The van der Waals surface area contributed by atoms with E-state index in [1.807, 2.05) is 6.07 Å². The lowest BCUT2D eigenvalue weighted by Gasteiger charge is -2.42. The van der Waals surface area contributed by atoms with Crippen molar-refractivity contribution in [2.24, 2.45) is 0 Å². The molecular weight excluding hydrogens is 684 g/mol. The first-order valence-electron chi connectivity index (χ1n) is 20.0. The maximum Gasteiger partial charge on any atom is 0.125 e. The summed E-state index contributed by atoms with van der Waals surface area (Å²) in [5.74, 6) is -0.257. The minimum absolute atomic E-state index is 0.130. The fourth-order valence-corrected chi connectivity index (χ4v) is 9.91. The summed E-state index contributed by atoms with van der Waals surface area (Å²) in [7, 11) is 0. The highest BCUT2D eigenvalue weighted by molar-refractivity contribution is 6.10. The van der Waals surface area contributed by atoms with Crippen LogP contribution in [0.2, 0.25) is 0 Å². The Morgan fingerprint density at radius 1 is 0.500 bits per heavy atom. The topological polar surface area (TPSA) is 8.17 Å². The zero-order valence-corrected chi connectivity index (χ0v) is 33.1. The molecule has 0 N–H and O–H groups in total. The Balaban J connectivity index is 1.08. The first kappa shape index (κ1) is 34.6. The van der Waals surface area contributed by atoms with E-state index in [1.54, 1.807) is 12.1 Å². The van der Waals surface area contributed by atoms with E-state index in [0.29, 0.717) is 0 Å². The molecule has 2 nitrogen and oxygen atoms in total. The maximum atomic E-state index is 14.9. The van der Waals surface area contributed by atoms with Crippen molar-refractivity contribution < 1.29 is 4.39 Å². The van der Waals surface area contributed by atoms with Gasteiger partial charge in [-0.15, -0.1) is 0 Å². The van der Waals surface area contributed by atoms with E-state index in [2.05, 4.69) is 178 Å². The van der Waals surface area contributed by atoms with Gasteiger partial charge in [-0.3, -0.25) is 0 Å². The van der Waals surface area contributed by atoms with E-state index in [4.69, 9.17) is 0 Å². The smallest absolute Gasteiger partial charge is 0.125 e. The molecule has 0 spiro atoms. The molecule has 0 amide bonds. The third-order valence-corrected chi connectivity index (χ3v) is 13.1. The zero-order valence-electron chi connectivity index (χ0n) is 33.1. The van der Waals surface area contributed by atoms with Crippen molar-refractivity contribution in [3.8, 4) is 27.9 Å². The minimum atomic E-state index is -0.257. The molecule has 0 radical (unpaired) electrons. The lowest BCUT2D eigenvalue weighted by atomic mass is 9.63. The molecule has 7 aromatic carbocycles. The molecule has 276 valence electrons. The number of hydrogen-bond donors (Lipinski definition) is 0. The average Bonchev–Trinajstić information content (AvgIpc) is 3.65. The van der Waals surface area contributed by atoms with Gasteiger partial charge in [-0.05, 0) is 129 Å². The van der Waals surface area contributed by atoms with Gasteiger partial charge in [0.2, 0.25) is 0 Å². The summed E-state index contributed by atoms with van der Waals surface area (Å²) in [6, 6.07) is 53.8. The number of benzene rings is 7. The zero-order chi connectivity index (χ0) is 38.6. The van der Waals surface area contributed by atoms with Crippen molar-refractivity contribution in [3.05, 3.63) is 180 Å². The third-order valence-electron chi connectivity index (χ3n) is 13.1. The highest BCUT2D eigenvalue weighted by Crippen LogP contribution is 2.54. The Morgan fingerprint density at radius 3 is 1.98 bits per heavy atom. The van der Waals surface area contributed by atoms with Crippen molar-refractivity contribution in [3.63, 3.8) is 0 Å². The van der Waals surface area contributed by atoms with E-state index in [0.717, 1.165) is 28.2 Å². The van der Waals surface area contributed by atoms with Crippen LogP contribution in [0.25, 0.3) is 49.7 Å². The first-order valence-corrected chi connectivity index (χ1v) is 20.0. The van der Waals surface area contributed by atoms with Gasteiger partial charge in [-0.2, -0.15) is 0 Å². The molecule has 0 bridgehead atoms. The van der Waals surface area contributed by atoms with Gasteiger partial charge in [-0.1, -0.05) is 126 Å². The lowest BCUT2D eigenvalue weighted by Crippen LogP contribution is -2.33. The average molecular weight is 731 g/mol. The normalized spacial score (nSPS) is 16.1. The van der Waals surface area contributed by atoms with Crippen molar-refractivity contribution in [1.82, 2.24) is 4.57 Å². The van der Waals surface area contributed by atoms with Crippen molar-refractivity contribution >= 4 is 38.9 Å². The summed E-state index contributed by atoms with van der Waals surface area (Å²) in [5.41, 5.74) is 16.9. The summed E-state index contributed by atoms with van der Waals surface area (Å²) in [6.45, 7) is 14.2. The van der Waals surface area contributed by atoms with Gasteiger partial charge in [0, 0.05) is 38.8 Å². The molecule has 0 saturated heterocycles. The van der Waals surface area contributed by atoms with Crippen LogP contribution in [0.15, 0.2) is 152 Å². The Kier molecular flexibility index (Phi) is 7.58. The van der Waals surface area contributed by atoms with Crippen LogP contribution in [-0.2, 0) is 16.2 Å². The van der Waals surface area contributed by atoms with Gasteiger partial charge in [0.15, 0.2) is 0 Å². The Labute approximate surface area is 329 Å². The molecule has 3 heteroatoms. The van der Waals surface area contributed by atoms with Crippen LogP contribution in [0.1, 0.15) is 76.6 Å². The maximum absolute atomic E-state index is 14.9. The molecule has 2 aliphatic carbocycles. The third kappa shape index (κ3) is 5.20. The van der Waals surface area contributed by atoms with Gasteiger partial charge in [0.1, 0.15) is 5.82 Å². The molecule has 0 saturated carbocycles. The number of aromatic nitrogens is 1. The molecule has 8 aromatic rings. The van der Waals surface area contributed by atoms with E-state index >= 15 is 0 Å². The Hall–Kier alpha value is -5.93. The SMILES string of the molecule is CC1(C)CCC(C)(C)c2cc(-n3c4ccccc4c4cc(-c5ccc(N(c6cccc(F)c6)c6cccc7c6-c6ccccc6C7(C)C)cc5)ccc43)ccc21. The Morgan fingerprint density at radius 2 is 1.18 bits per heavy atom. The number of halogens is 1. The molecule has 0 unspecified atom stereocenters. The predicted octanol–water partition coefficient (Wildman–Crippen LogP) is 14.7. The summed E-state index contributed by atoms with van der Waals surface area (Å²) in [5, 5.41) is 2.48. The predicted molar refractivity (Wildman–Crippen MR) is 234 cm³/mol. The number of nitrogens with zero attached hydrogens (tertiary/aromatic N) is 2. The standard InChI is InChI=1S/C53H47FN2/c1-51(2)29-30-52(3,4)46-33-39(26-27-44(46)51)56-47-19-10-8-15-40(47)42-31-35(23-28-48(42)56)34-21-24-37(25-22-34)55(38-14-11-13-36(54)32-38)49-20-12-18-45-50(49)41-16-7-9-17-43(41)53(45,5)6/h7-28,31-33H,29-30H2,1-6H3. The first-order chi connectivity index (χ1) is 26.9. The number of anilines is 3. The van der Waals surface area contributed by atoms with Gasteiger partial charge >= 0.3 is 0 Å². The van der Waals surface area contributed by atoms with Crippen LogP contribution in [0.5, 0.6) is 0 Å².